The number of nitro benzene ring substituents is 1. The third-order valence-electron chi connectivity index (χ3n) is 4.28. The molecule has 164 valence electrons. The number of rotatable bonds is 11. The van der Waals surface area contributed by atoms with Crippen LogP contribution in [0.15, 0.2) is 46.0 Å². The molecule has 0 aliphatic rings. The molecule has 10 nitrogen and oxygen atoms in total. The lowest BCUT2D eigenvalue weighted by Gasteiger charge is -2.14. The maximum Gasteiger partial charge on any atom is 0.269 e. The zero-order chi connectivity index (χ0) is 22.2. The van der Waals surface area contributed by atoms with Crippen LogP contribution in [0.25, 0.3) is 0 Å². The number of non-ortho nitro benzene ring substituents is 1. The molecule has 1 heterocycles. The van der Waals surface area contributed by atoms with Crippen LogP contribution < -0.4 is 14.8 Å². The first-order chi connectivity index (χ1) is 15.0. The third-order valence-corrected chi connectivity index (χ3v) is 6.03. The lowest BCUT2D eigenvalue weighted by molar-refractivity contribution is -0.384. The van der Waals surface area contributed by atoms with Crippen molar-refractivity contribution >= 4 is 33.4 Å². The summed E-state index contributed by atoms with van der Waals surface area (Å²) in [5.74, 6) is 2.03. The third kappa shape index (κ3) is 6.39. The van der Waals surface area contributed by atoms with Crippen LogP contribution in [0.4, 0.5) is 5.69 Å². The summed E-state index contributed by atoms with van der Waals surface area (Å²) in [5.41, 5.74) is 1.91. The number of halogens is 1. The summed E-state index contributed by atoms with van der Waals surface area (Å²) in [6, 6.07) is 10.0. The van der Waals surface area contributed by atoms with Crippen molar-refractivity contribution in [3.8, 4) is 11.5 Å². The van der Waals surface area contributed by atoms with E-state index in [4.69, 9.17) is 9.47 Å². The van der Waals surface area contributed by atoms with Gasteiger partial charge in [0.2, 0.25) is 5.16 Å². The number of aryl methyl sites for hydroxylation is 1. The first-order valence-corrected chi connectivity index (χ1v) is 11.0. The molecule has 0 amide bonds. The minimum absolute atomic E-state index is 0.0487. The average Bonchev–Trinajstić information content (AvgIpc) is 3.18. The van der Waals surface area contributed by atoms with Gasteiger partial charge in [-0.05, 0) is 45.8 Å². The van der Waals surface area contributed by atoms with E-state index in [2.05, 4.69) is 36.8 Å². The highest BCUT2D eigenvalue weighted by atomic mass is 79.9. The molecule has 0 aliphatic carbocycles. The zero-order valence-corrected chi connectivity index (χ0v) is 19.4. The van der Waals surface area contributed by atoms with Crippen LogP contribution in [0.1, 0.15) is 11.1 Å². The Morgan fingerprint density at radius 2 is 2.03 bits per heavy atom. The Morgan fingerprint density at radius 3 is 2.68 bits per heavy atom. The molecule has 0 bridgehead atoms. The predicted molar refractivity (Wildman–Crippen MR) is 119 cm³/mol. The quantitative estimate of drug-likeness (QED) is 0.180. The second-order valence-electron chi connectivity index (χ2n) is 6.42. The van der Waals surface area contributed by atoms with Crippen LogP contribution in [0.3, 0.4) is 0 Å². The van der Waals surface area contributed by atoms with Crippen LogP contribution in [0.2, 0.25) is 0 Å². The molecule has 2 aromatic carbocycles. The van der Waals surface area contributed by atoms with E-state index in [1.165, 1.54) is 12.1 Å². The Labute approximate surface area is 191 Å². The summed E-state index contributed by atoms with van der Waals surface area (Å²) in [7, 11) is 3.40. The molecule has 0 saturated heterocycles. The second kappa shape index (κ2) is 11.1. The maximum atomic E-state index is 10.8. The highest BCUT2D eigenvalue weighted by Crippen LogP contribution is 2.34. The number of ether oxygens (including phenoxy) is 2. The fourth-order valence-corrected chi connectivity index (χ4v) is 3.85. The maximum absolute atomic E-state index is 10.8. The number of methoxy groups -OCH3 is 1. The summed E-state index contributed by atoms with van der Waals surface area (Å²) in [6.07, 6.45) is 0. The summed E-state index contributed by atoms with van der Waals surface area (Å²) < 4.78 is 13.9. The Hall–Kier alpha value is -2.70. The van der Waals surface area contributed by atoms with E-state index in [0.29, 0.717) is 18.0 Å². The number of thioether (sulfide) groups is 1. The molecule has 12 heteroatoms. The Kier molecular flexibility index (Phi) is 8.20. The van der Waals surface area contributed by atoms with Crippen LogP contribution in [-0.2, 0) is 20.2 Å². The van der Waals surface area contributed by atoms with E-state index in [1.54, 1.807) is 35.7 Å². The van der Waals surface area contributed by atoms with Crippen LogP contribution in [0, 0.1) is 10.1 Å². The molecule has 0 atom stereocenters. The highest BCUT2D eigenvalue weighted by Gasteiger charge is 2.12. The number of nitro groups is 1. The summed E-state index contributed by atoms with van der Waals surface area (Å²) in [6.45, 7) is 1.70. The molecular weight excluding hydrogens is 488 g/mol. The minimum Gasteiger partial charge on any atom is -0.493 e. The van der Waals surface area contributed by atoms with E-state index >= 15 is 0 Å². The molecule has 0 fully saturated rings. The van der Waals surface area contributed by atoms with Crippen LogP contribution in [-0.4, -0.2) is 44.5 Å². The molecule has 31 heavy (non-hydrogen) atoms. The molecule has 1 N–H and O–H groups in total. The molecule has 0 saturated carbocycles. The highest BCUT2D eigenvalue weighted by molar-refractivity contribution is 9.10. The van der Waals surface area contributed by atoms with Gasteiger partial charge in [0.25, 0.3) is 5.69 Å². The monoisotopic (exact) mass is 508 g/mol. The molecular formula is C19H21BrN6O4S. The molecule has 0 unspecified atom stereocenters. The average molecular weight is 509 g/mol. The smallest absolute Gasteiger partial charge is 0.269 e. The van der Waals surface area contributed by atoms with Gasteiger partial charge in [-0.2, -0.15) is 0 Å². The van der Waals surface area contributed by atoms with Gasteiger partial charge in [-0.1, -0.05) is 27.7 Å². The van der Waals surface area contributed by atoms with Gasteiger partial charge >= 0.3 is 0 Å². The van der Waals surface area contributed by atoms with Crippen molar-refractivity contribution in [2.45, 2.75) is 18.3 Å². The Balaban J connectivity index is 1.53. The number of nitrogens with one attached hydrogen (secondary N) is 1. The SMILES string of the molecule is COc1cc(CNCCSc2nnnn2C)c(Br)cc1OCc1ccc([N+](=O)[O-])cc1. The van der Waals surface area contributed by atoms with Gasteiger partial charge in [-0.25, -0.2) is 4.68 Å². The zero-order valence-electron chi connectivity index (χ0n) is 16.9. The first kappa shape index (κ1) is 23.0. The van der Waals surface area contributed by atoms with Crippen molar-refractivity contribution in [2.75, 3.05) is 19.4 Å². The second-order valence-corrected chi connectivity index (χ2v) is 8.33. The minimum atomic E-state index is -0.427. The number of hydrogen-bond donors (Lipinski definition) is 1. The molecule has 0 radical (unpaired) electrons. The first-order valence-electron chi connectivity index (χ1n) is 9.26. The lowest BCUT2D eigenvalue weighted by atomic mass is 10.2. The molecule has 3 aromatic rings. The number of nitrogens with zero attached hydrogens (tertiary/aromatic N) is 5. The van der Waals surface area contributed by atoms with E-state index in [9.17, 15) is 10.1 Å². The number of aromatic nitrogens is 4. The van der Waals surface area contributed by atoms with Gasteiger partial charge in [0.15, 0.2) is 11.5 Å². The molecule has 0 spiro atoms. The summed E-state index contributed by atoms with van der Waals surface area (Å²) >= 11 is 5.17. The topological polar surface area (TPSA) is 117 Å². The fourth-order valence-electron chi connectivity index (χ4n) is 2.64. The number of tetrazole rings is 1. The molecule has 0 aliphatic heterocycles. The van der Waals surface area contributed by atoms with Crippen molar-refractivity contribution in [1.82, 2.24) is 25.5 Å². The lowest BCUT2D eigenvalue weighted by Crippen LogP contribution is -2.17. The molecule has 1 aromatic heterocycles. The molecule has 3 rings (SSSR count). The Bertz CT molecular complexity index is 1030. The number of benzene rings is 2. The summed E-state index contributed by atoms with van der Waals surface area (Å²) in [4.78, 5) is 10.3. The van der Waals surface area contributed by atoms with E-state index in [1.807, 2.05) is 19.2 Å². The van der Waals surface area contributed by atoms with Crippen LogP contribution in [0.5, 0.6) is 11.5 Å². The standard InChI is InChI=1S/C19H21BrN6O4S/c1-25-19(22-23-24-25)31-8-7-21-11-14-9-17(29-2)18(10-16(14)20)30-12-13-3-5-15(6-4-13)26(27)28/h3-6,9-10,21H,7-8,11-12H2,1-2H3. The van der Waals surface area contributed by atoms with Gasteiger partial charge in [-0.15, -0.1) is 5.10 Å². The van der Waals surface area contributed by atoms with Crippen molar-refractivity contribution in [3.05, 3.63) is 62.1 Å². The normalized spacial score (nSPS) is 10.8. The van der Waals surface area contributed by atoms with Crippen molar-refractivity contribution < 1.29 is 14.4 Å². The van der Waals surface area contributed by atoms with E-state index < -0.39 is 4.92 Å². The van der Waals surface area contributed by atoms with Gasteiger partial charge in [0.05, 0.1) is 12.0 Å². The van der Waals surface area contributed by atoms with Crippen molar-refractivity contribution in [2.24, 2.45) is 7.05 Å². The van der Waals surface area contributed by atoms with Gasteiger partial charge in [0.1, 0.15) is 6.61 Å². The fraction of sp³-hybridized carbons (Fsp3) is 0.316. The van der Waals surface area contributed by atoms with Crippen molar-refractivity contribution in [3.63, 3.8) is 0 Å². The Morgan fingerprint density at radius 1 is 1.26 bits per heavy atom. The predicted octanol–water partition coefficient (Wildman–Crippen LogP) is 3.35. The number of hydrogen-bond acceptors (Lipinski definition) is 9. The van der Waals surface area contributed by atoms with Crippen LogP contribution >= 0.6 is 27.7 Å². The van der Waals surface area contributed by atoms with Gasteiger partial charge in [0, 0.05) is 42.5 Å². The van der Waals surface area contributed by atoms with Gasteiger partial charge in [-0.3, -0.25) is 10.1 Å². The largest absolute Gasteiger partial charge is 0.493 e. The van der Waals surface area contributed by atoms with Gasteiger partial charge < -0.3 is 14.8 Å². The summed E-state index contributed by atoms with van der Waals surface area (Å²) in [5, 5.41) is 26.3. The van der Waals surface area contributed by atoms with E-state index in [-0.39, 0.29) is 12.3 Å². The van der Waals surface area contributed by atoms with E-state index in [0.717, 1.165) is 33.1 Å². The van der Waals surface area contributed by atoms with Crippen molar-refractivity contribution in [1.29, 1.82) is 0 Å².